The van der Waals surface area contributed by atoms with Crippen molar-refractivity contribution in [2.45, 2.75) is 26.4 Å². The Kier molecular flexibility index (Phi) is 7.22. The molecule has 1 amide bonds. The van der Waals surface area contributed by atoms with Gasteiger partial charge in [0.25, 0.3) is 0 Å². The molecule has 1 heterocycles. The predicted octanol–water partition coefficient (Wildman–Crippen LogP) is 3.32. The summed E-state index contributed by atoms with van der Waals surface area (Å²) in [4.78, 5) is 35.7. The van der Waals surface area contributed by atoms with Crippen molar-refractivity contribution in [1.29, 1.82) is 0 Å². The summed E-state index contributed by atoms with van der Waals surface area (Å²) in [6, 6.07) is 13.8. The number of nitrogens with one attached hydrogen (secondary N) is 1. The molecular formula is C24H23NO6. The molecule has 7 heteroatoms. The van der Waals surface area contributed by atoms with Crippen molar-refractivity contribution in [2.24, 2.45) is 0 Å². The molecule has 2 N–H and O–H groups in total. The number of carbonyl (C=O) groups excluding carboxylic acids is 2. The number of phenols is 1. The van der Waals surface area contributed by atoms with Crippen LogP contribution in [-0.4, -0.2) is 23.5 Å². The highest BCUT2D eigenvalue weighted by molar-refractivity contribution is 5.91. The second kappa shape index (κ2) is 10.2. The minimum absolute atomic E-state index is 0.00864. The Bertz CT molecular complexity index is 1160. The van der Waals surface area contributed by atoms with Gasteiger partial charge in [-0.2, -0.15) is 0 Å². The Balaban J connectivity index is 1.54. The van der Waals surface area contributed by atoms with Crippen LogP contribution in [0.2, 0.25) is 0 Å². The number of amides is 1. The van der Waals surface area contributed by atoms with Crippen LogP contribution in [0.4, 0.5) is 0 Å². The van der Waals surface area contributed by atoms with Crippen LogP contribution in [0, 0.1) is 0 Å². The van der Waals surface area contributed by atoms with Gasteiger partial charge in [-0.1, -0.05) is 37.3 Å². The van der Waals surface area contributed by atoms with Gasteiger partial charge in [0.05, 0.1) is 6.42 Å². The van der Waals surface area contributed by atoms with Gasteiger partial charge in [0.2, 0.25) is 5.91 Å². The van der Waals surface area contributed by atoms with Crippen LogP contribution in [0.1, 0.15) is 30.0 Å². The van der Waals surface area contributed by atoms with Gasteiger partial charge in [-0.3, -0.25) is 9.59 Å². The van der Waals surface area contributed by atoms with Gasteiger partial charge in [0.15, 0.2) is 0 Å². The average molecular weight is 421 g/mol. The van der Waals surface area contributed by atoms with Gasteiger partial charge in [0, 0.05) is 35.7 Å². The molecule has 7 nitrogen and oxygen atoms in total. The first kappa shape index (κ1) is 21.8. The molecule has 1 aromatic heterocycles. The number of rotatable bonds is 8. The largest absolute Gasteiger partial charge is 0.508 e. The first-order valence-electron chi connectivity index (χ1n) is 9.91. The Morgan fingerprint density at radius 3 is 2.65 bits per heavy atom. The fraction of sp³-hybridized carbons (Fsp3) is 0.208. The summed E-state index contributed by atoms with van der Waals surface area (Å²) < 4.78 is 10.4. The molecule has 160 valence electrons. The summed E-state index contributed by atoms with van der Waals surface area (Å²) in [7, 11) is 0. The third-order valence-electron chi connectivity index (χ3n) is 4.65. The van der Waals surface area contributed by atoms with Crippen molar-refractivity contribution >= 4 is 28.9 Å². The zero-order chi connectivity index (χ0) is 22.2. The Morgan fingerprint density at radius 1 is 1.13 bits per heavy atom. The lowest BCUT2D eigenvalue weighted by Gasteiger charge is -2.09. The maximum atomic E-state index is 12.0. The van der Waals surface area contributed by atoms with Crippen LogP contribution in [-0.2, 0) is 27.4 Å². The van der Waals surface area contributed by atoms with Gasteiger partial charge >= 0.3 is 11.6 Å². The SMILES string of the molecule is CCc1cc2c(COC(=O)CCNC(=O)/C=C/c3ccccc3)cc(=O)oc2cc1O. The number of fused-ring (bicyclic) bond motifs is 1. The highest BCUT2D eigenvalue weighted by Crippen LogP contribution is 2.27. The number of aromatic hydroxyl groups is 1. The number of carbonyl (C=O) groups is 2. The molecular weight excluding hydrogens is 398 g/mol. The summed E-state index contributed by atoms with van der Waals surface area (Å²) in [5.74, 6) is -0.775. The zero-order valence-electron chi connectivity index (χ0n) is 17.1. The quantitative estimate of drug-likeness (QED) is 0.328. The molecule has 0 aliphatic rings. The minimum Gasteiger partial charge on any atom is -0.508 e. The standard InChI is InChI=1S/C24H23NO6/c1-2-17-12-19-18(13-24(29)31-21(19)14-20(17)26)15-30-23(28)10-11-25-22(27)9-8-16-6-4-3-5-7-16/h3-9,12-14,26H,2,10-11,15H2,1H3,(H,25,27)/b9-8+. The van der Waals surface area contributed by atoms with Crippen LogP contribution < -0.4 is 10.9 Å². The summed E-state index contributed by atoms with van der Waals surface area (Å²) in [5.41, 5.74) is 1.71. The van der Waals surface area contributed by atoms with Crippen LogP contribution >= 0.6 is 0 Å². The number of hydrogen-bond acceptors (Lipinski definition) is 6. The Morgan fingerprint density at radius 2 is 1.90 bits per heavy atom. The van der Waals surface area contributed by atoms with Crippen molar-refractivity contribution in [3.63, 3.8) is 0 Å². The second-order valence-corrected chi connectivity index (χ2v) is 6.87. The highest BCUT2D eigenvalue weighted by Gasteiger charge is 2.12. The van der Waals surface area contributed by atoms with E-state index in [0.717, 1.165) is 5.56 Å². The Hall–Kier alpha value is -3.87. The number of aryl methyl sites for hydroxylation is 1. The molecule has 0 aliphatic carbocycles. The molecule has 2 aromatic carbocycles. The second-order valence-electron chi connectivity index (χ2n) is 6.87. The Labute approximate surface area is 179 Å². The summed E-state index contributed by atoms with van der Waals surface area (Å²) in [6.45, 7) is 1.90. The van der Waals surface area contributed by atoms with Gasteiger partial charge in [-0.15, -0.1) is 0 Å². The molecule has 0 saturated carbocycles. The van der Waals surface area contributed by atoms with E-state index in [1.807, 2.05) is 37.3 Å². The van der Waals surface area contributed by atoms with Crippen LogP contribution in [0.15, 0.2) is 63.8 Å². The minimum atomic E-state index is -0.598. The van der Waals surface area contributed by atoms with Crippen molar-refractivity contribution < 1.29 is 23.8 Å². The molecule has 31 heavy (non-hydrogen) atoms. The molecule has 3 aromatic rings. The molecule has 0 saturated heterocycles. The van der Waals surface area contributed by atoms with E-state index in [1.54, 1.807) is 12.1 Å². The lowest BCUT2D eigenvalue weighted by molar-refractivity contribution is -0.144. The molecule has 0 unspecified atom stereocenters. The number of ether oxygens (including phenoxy) is 1. The smallest absolute Gasteiger partial charge is 0.336 e. The lowest BCUT2D eigenvalue weighted by Crippen LogP contribution is -2.24. The molecule has 0 atom stereocenters. The monoisotopic (exact) mass is 421 g/mol. The first-order chi connectivity index (χ1) is 15.0. The molecule has 0 fully saturated rings. The van der Waals surface area contributed by atoms with E-state index in [-0.39, 0.29) is 36.8 Å². The van der Waals surface area contributed by atoms with Gasteiger partial charge in [-0.05, 0) is 29.7 Å². The third kappa shape index (κ3) is 6.05. The van der Waals surface area contributed by atoms with Crippen LogP contribution in [0.5, 0.6) is 5.75 Å². The maximum Gasteiger partial charge on any atom is 0.336 e. The van der Waals surface area contributed by atoms with E-state index in [4.69, 9.17) is 9.15 Å². The molecule has 0 bridgehead atoms. The third-order valence-corrected chi connectivity index (χ3v) is 4.65. The van der Waals surface area contributed by atoms with Crippen molar-refractivity contribution in [3.8, 4) is 5.75 Å². The van der Waals surface area contributed by atoms with Gasteiger partial charge in [-0.25, -0.2) is 4.79 Å². The normalized spacial score (nSPS) is 11.0. The predicted molar refractivity (Wildman–Crippen MR) is 116 cm³/mol. The maximum absolute atomic E-state index is 12.0. The fourth-order valence-electron chi connectivity index (χ4n) is 3.02. The van der Waals surface area contributed by atoms with E-state index >= 15 is 0 Å². The van der Waals surface area contributed by atoms with Crippen LogP contribution in [0.3, 0.4) is 0 Å². The van der Waals surface area contributed by atoms with Crippen molar-refractivity contribution in [3.05, 3.63) is 81.7 Å². The van der Waals surface area contributed by atoms with E-state index in [2.05, 4.69) is 5.32 Å². The van der Waals surface area contributed by atoms with E-state index in [9.17, 15) is 19.5 Å². The summed E-state index contributed by atoms with van der Waals surface area (Å²) in [5, 5.41) is 13.2. The van der Waals surface area contributed by atoms with E-state index < -0.39 is 11.6 Å². The first-order valence-corrected chi connectivity index (χ1v) is 9.91. The molecule has 0 radical (unpaired) electrons. The molecule has 0 spiro atoms. The highest BCUT2D eigenvalue weighted by atomic mass is 16.5. The van der Waals surface area contributed by atoms with Gasteiger partial charge < -0.3 is 19.6 Å². The van der Waals surface area contributed by atoms with E-state index in [1.165, 1.54) is 18.2 Å². The lowest BCUT2D eigenvalue weighted by atomic mass is 10.0. The van der Waals surface area contributed by atoms with Crippen molar-refractivity contribution in [1.82, 2.24) is 5.32 Å². The number of hydrogen-bond donors (Lipinski definition) is 2. The number of benzene rings is 2. The number of phenolic OH excluding ortho intramolecular Hbond substituents is 1. The molecule has 3 rings (SSSR count). The van der Waals surface area contributed by atoms with Crippen LogP contribution in [0.25, 0.3) is 17.0 Å². The van der Waals surface area contributed by atoms with E-state index in [0.29, 0.717) is 22.9 Å². The van der Waals surface area contributed by atoms with Gasteiger partial charge in [0.1, 0.15) is 17.9 Å². The molecule has 0 aliphatic heterocycles. The average Bonchev–Trinajstić information content (AvgIpc) is 2.76. The number of esters is 1. The zero-order valence-corrected chi connectivity index (χ0v) is 17.1. The van der Waals surface area contributed by atoms with Crippen molar-refractivity contribution in [2.75, 3.05) is 6.54 Å². The fourth-order valence-corrected chi connectivity index (χ4v) is 3.02. The summed E-state index contributed by atoms with van der Waals surface area (Å²) >= 11 is 0. The topological polar surface area (TPSA) is 106 Å². The summed E-state index contributed by atoms with van der Waals surface area (Å²) in [6.07, 6.45) is 3.67.